The van der Waals surface area contributed by atoms with E-state index in [0.717, 1.165) is 0 Å². The highest BCUT2D eigenvalue weighted by Crippen LogP contribution is 2.29. The molecule has 0 radical (unpaired) electrons. The predicted octanol–water partition coefficient (Wildman–Crippen LogP) is 3.23. The Kier molecular flexibility index (Phi) is 3.85. The highest BCUT2D eigenvalue weighted by molar-refractivity contribution is 9.10. The van der Waals surface area contributed by atoms with Gasteiger partial charge in [-0.15, -0.1) is 0 Å². The summed E-state index contributed by atoms with van der Waals surface area (Å²) in [5, 5.41) is 10.3. The molecule has 0 aliphatic rings. The maximum atomic E-state index is 11.6. The van der Waals surface area contributed by atoms with Gasteiger partial charge in [-0.1, -0.05) is 40.2 Å². The summed E-state index contributed by atoms with van der Waals surface area (Å²) in [6.45, 7) is 1.66. The van der Waals surface area contributed by atoms with Crippen LogP contribution in [0.2, 0.25) is 0 Å². The minimum atomic E-state index is -1.01. The van der Waals surface area contributed by atoms with Crippen LogP contribution in [0.4, 0.5) is 0 Å². The van der Waals surface area contributed by atoms with E-state index in [1.807, 2.05) is 0 Å². The first-order chi connectivity index (χ1) is 9.00. The number of ether oxygens (including phenoxy) is 1. The minimum absolute atomic E-state index is 0.183. The zero-order chi connectivity index (χ0) is 14.0. The molecule has 0 spiro atoms. The second-order valence-corrected chi connectivity index (χ2v) is 5.37. The van der Waals surface area contributed by atoms with Gasteiger partial charge in [0.15, 0.2) is 0 Å². The lowest BCUT2D eigenvalue weighted by atomic mass is 10.0. The van der Waals surface area contributed by atoms with E-state index in [2.05, 4.69) is 15.9 Å². The number of carboxylic acids is 1. The van der Waals surface area contributed by atoms with Crippen molar-refractivity contribution < 1.29 is 19.4 Å². The van der Waals surface area contributed by atoms with Crippen LogP contribution in [0.15, 0.2) is 36.4 Å². The molecular formula is C14H11BrO4. The van der Waals surface area contributed by atoms with Gasteiger partial charge in [0.05, 0.1) is 5.56 Å². The summed E-state index contributed by atoms with van der Waals surface area (Å²) in [4.78, 5) is 22.3. The molecule has 0 amide bonds. The van der Waals surface area contributed by atoms with Crippen LogP contribution in [0, 0.1) is 0 Å². The number of alkyl halides is 1. The number of carboxylic acid groups (broad SMARTS) is 1. The van der Waals surface area contributed by atoms with Crippen LogP contribution in [0.5, 0.6) is 5.75 Å². The second kappa shape index (κ2) is 5.40. The molecule has 0 aliphatic carbocycles. The maximum Gasteiger partial charge on any atom is 0.336 e. The number of hydrogen-bond acceptors (Lipinski definition) is 3. The summed E-state index contributed by atoms with van der Waals surface area (Å²) in [5.41, 5.74) is 0.183. The Morgan fingerprint density at radius 2 is 1.79 bits per heavy atom. The lowest BCUT2D eigenvalue weighted by molar-refractivity contribution is -0.133. The van der Waals surface area contributed by atoms with Crippen molar-refractivity contribution in [2.45, 2.75) is 11.8 Å². The molecule has 1 atom stereocenters. The van der Waals surface area contributed by atoms with Crippen LogP contribution in [-0.2, 0) is 4.79 Å². The zero-order valence-electron chi connectivity index (χ0n) is 10.1. The van der Waals surface area contributed by atoms with Crippen molar-refractivity contribution in [1.82, 2.24) is 0 Å². The van der Waals surface area contributed by atoms with E-state index in [4.69, 9.17) is 9.84 Å². The summed E-state index contributed by atoms with van der Waals surface area (Å²) >= 11 is 3.13. The molecule has 0 bridgehead atoms. The van der Waals surface area contributed by atoms with E-state index in [-0.39, 0.29) is 5.56 Å². The molecule has 0 fully saturated rings. The van der Waals surface area contributed by atoms with E-state index >= 15 is 0 Å². The number of carbonyl (C=O) groups is 2. The van der Waals surface area contributed by atoms with Crippen molar-refractivity contribution >= 4 is 38.6 Å². The van der Waals surface area contributed by atoms with Gasteiger partial charge < -0.3 is 9.84 Å². The number of carbonyl (C=O) groups excluding carboxylic acids is 1. The Labute approximate surface area is 118 Å². The molecule has 19 heavy (non-hydrogen) atoms. The molecule has 0 aliphatic heterocycles. The van der Waals surface area contributed by atoms with E-state index in [1.54, 1.807) is 31.2 Å². The standard InChI is InChI=1S/C14H11BrO4/c1-8(15)14(18)19-12-7-6-11(13(16)17)9-4-2-3-5-10(9)12/h2-8H,1H3,(H,16,17). The number of aromatic carboxylic acids is 1. The fourth-order valence-corrected chi connectivity index (χ4v) is 1.83. The third-order valence-corrected chi connectivity index (χ3v) is 3.02. The van der Waals surface area contributed by atoms with E-state index < -0.39 is 16.8 Å². The molecule has 0 saturated carbocycles. The molecule has 5 heteroatoms. The molecule has 0 aromatic heterocycles. The average Bonchev–Trinajstić information content (AvgIpc) is 2.38. The van der Waals surface area contributed by atoms with Gasteiger partial charge >= 0.3 is 11.9 Å². The van der Waals surface area contributed by atoms with Gasteiger partial charge in [-0.3, -0.25) is 4.79 Å². The smallest absolute Gasteiger partial charge is 0.336 e. The van der Waals surface area contributed by atoms with Gasteiger partial charge in [-0.25, -0.2) is 4.79 Å². The molecular weight excluding hydrogens is 312 g/mol. The predicted molar refractivity (Wildman–Crippen MR) is 74.9 cm³/mol. The van der Waals surface area contributed by atoms with Crippen LogP contribution < -0.4 is 4.74 Å². The van der Waals surface area contributed by atoms with Crippen molar-refractivity contribution in [3.63, 3.8) is 0 Å². The van der Waals surface area contributed by atoms with E-state index in [1.165, 1.54) is 12.1 Å². The number of hydrogen-bond donors (Lipinski definition) is 1. The maximum absolute atomic E-state index is 11.6. The van der Waals surface area contributed by atoms with Crippen LogP contribution in [0.25, 0.3) is 10.8 Å². The molecule has 98 valence electrons. The fourth-order valence-electron chi connectivity index (χ4n) is 1.74. The molecule has 0 heterocycles. The first-order valence-electron chi connectivity index (χ1n) is 5.61. The van der Waals surface area contributed by atoms with Crippen LogP contribution in [-0.4, -0.2) is 21.9 Å². The minimum Gasteiger partial charge on any atom is -0.478 e. The monoisotopic (exact) mass is 322 g/mol. The van der Waals surface area contributed by atoms with Gasteiger partial charge in [0.1, 0.15) is 10.6 Å². The largest absolute Gasteiger partial charge is 0.478 e. The second-order valence-electron chi connectivity index (χ2n) is 4.00. The van der Waals surface area contributed by atoms with Crippen LogP contribution in [0.1, 0.15) is 17.3 Å². The van der Waals surface area contributed by atoms with Gasteiger partial charge in [-0.2, -0.15) is 0 Å². The van der Waals surface area contributed by atoms with Crippen molar-refractivity contribution in [2.24, 2.45) is 0 Å². The van der Waals surface area contributed by atoms with Gasteiger partial charge in [0.25, 0.3) is 0 Å². The summed E-state index contributed by atoms with van der Waals surface area (Å²) in [7, 11) is 0. The molecule has 0 saturated heterocycles. The van der Waals surface area contributed by atoms with Gasteiger partial charge in [-0.05, 0) is 24.4 Å². The highest BCUT2D eigenvalue weighted by atomic mass is 79.9. The number of benzene rings is 2. The Bertz CT molecular complexity index is 649. The summed E-state index contributed by atoms with van der Waals surface area (Å²) in [5.74, 6) is -1.08. The first-order valence-corrected chi connectivity index (χ1v) is 6.53. The lowest BCUT2D eigenvalue weighted by Gasteiger charge is -2.10. The third kappa shape index (κ3) is 2.76. The molecule has 2 rings (SSSR count). The van der Waals surface area contributed by atoms with E-state index in [0.29, 0.717) is 16.5 Å². The number of fused-ring (bicyclic) bond motifs is 1. The summed E-state index contributed by atoms with van der Waals surface area (Å²) in [6, 6.07) is 9.86. The Balaban J connectivity index is 2.56. The Morgan fingerprint density at radius 3 is 2.37 bits per heavy atom. The Hall–Kier alpha value is -1.88. The SMILES string of the molecule is CC(Br)C(=O)Oc1ccc(C(=O)O)c2ccccc12. The summed E-state index contributed by atoms with van der Waals surface area (Å²) in [6.07, 6.45) is 0. The normalized spacial score (nSPS) is 12.1. The topological polar surface area (TPSA) is 63.6 Å². The molecule has 2 aromatic rings. The first kappa shape index (κ1) is 13.5. The number of esters is 1. The van der Waals surface area contributed by atoms with Gasteiger partial charge in [0, 0.05) is 5.39 Å². The highest BCUT2D eigenvalue weighted by Gasteiger charge is 2.16. The molecule has 4 nitrogen and oxygen atoms in total. The van der Waals surface area contributed by atoms with Crippen molar-refractivity contribution in [1.29, 1.82) is 0 Å². The van der Waals surface area contributed by atoms with Crippen molar-refractivity contribution in [3.8, 4) is 5.75 Å². The zero-order valence-corrected chi connectivity index (χ0v) is 11.7. The fraction of sp³-hybridized carbons (Fsp3) is 0.143. The average molecular weight is 323 g/mol. The third-order valence-electron chi connectivity index (χ3n) is 2.65. The van der Waals surface area contributed by atoms with Gasteiger partial charge in [0.2, 0.25) is 0 Å². The molecule has 1 N–H and O–H groups in total. The lowest BCUT2D eigenvalue weighted by Crippen LogP contribution is -2.17. The van der Waals surface area contributed by atoms with Crippen molar-refractivity contribution in [2.75, 3.05) is 0 Å². The quantitative estimate of drug-likeness (QED) is 0.535. The number of halogens is 1. The number of rotatable bonds is 3. The Morgan fingerprint density at radius 1 is 1.16 bits per heavy atom. The van der Waals surface area contributed by atoms with E-state index in [9.17, 15) is 9.59 Å². The van der Waals surface area contributed by atoms with Crippen LogP contribution >= 0.6 is 15.9 Å². The van der Waals surface area contributed by atoms with Crippen molar-refractivity contribution in [3.05, 3.63) is 42.0 Å². The van der Waals surface area contributed by atoms with Crippen LogP contribution in [0.3, 0.4) is 0 Å². The summed E-state index contributed by atoms with van der Waals surface area (Å²) < 4.78 is 5.25. The molecule has 1 unspecified atom stereocenters. The molecule has 2 aromatic carbocycles.